The maximum atomic E-state index is 9.71. The quantitative estimate of drug-likeness (QED) is 0.576. The first-order valence-electron chi connectivity index (χ1n) is 5.86. The molecule has 2 N–H and O–H groups in total. The molecule has 16 heavy (non-hydrogen) atoms. The summed E-state index contributed by atoms with van der Waals surface area (Å²) in [5.41, 5.74) is 0.767. The SMILES string of the molecule is CCCCOc1cc(O)c(CCC)cc1O. The van der Waals surface area contributed by atoms with E-state index in [2.05, 4.69) is 6.92 Å². The van der Waals surface area contributed by atoms with Crippen molar-refractivity contribution in [3.63, 3.8) is 0 Å². The van der Waals surface area contributed by atoms with Crippen molar-refractivity contribution in [2.45, 2.75) is 39.5 Å². The summed E-state index contributed by atoms with van der Waals surface area (Å²) in [5.74, 6) is 0.675. The van der Waals surface area contributed by atoms with Crippen LogP contribution >= 0.6 is 0 Å². The summed E-state index contributed by atoms with van der Waals surface area (Å²) >= 11 is 0. The molecule has 90 valence electrons. The number of rotatable bonds is 6. The van der Waals surface area contributed by atoms with Crippen molar-refractivity contribution in [1.82, 2.24) is 0 Å². The van der Waals surface area contributed by atoms with Gasteiger partial charge in [0, 0.05) is 6.07 Å². The van der Waals surface area contributed by atoms with E-state index >= 15 is 0 Å². The Balaban J connectivity index is 2.75. The molecule has 0 saturated carbocycles. The van der Waals surface area contributed by atoms with Crippen LogP contribution < -0.4 is 4.74 Å². The smallest absolute Gasteiger partial charge is 0.164 e. The van der Waals surface area contributed by atoms with Gasteiger partial charge in [0.15, 0.2) is 11.5 Å². The highest BCUT2D eigenvalue weighted by atomic mass is 16.5. The van der Waals surface area contributed by atoms with Crippen molar-refractivity contribution in [3.05, 3.63) is 17.7 Å². The largest absolute Gasteiger partial charge is 0.508 e. The van der Waals surface area contributed by atoms with Gasteiger partial charge < -0.3 is 14.9 Å². The monoisotopic (exact) mass is 224 g/mol. The Bertz CT molecular complexity index is 334. The third-order valence-corrected chi connectivity index (χ3v) is 2.44. The fourth-order valence-electron chi connectivity index (χ4n) is 1.51. The zero-order valence-corrected chi connectivity index (χ0v) is 9.99. The van der Waals surface area contributed by atoms with Crippen molar-refractivity contribution in [1.29, 1.82) is 0 Å². The van der Waals surface area contributed by atoms with Gasteiger partial charge in [-0.25, -0.2) is 0 Å². The summed E-state index contributed by atoms with van der Waals surface area (Å²) in [5, 5.41) is 19.4. The Hall–Kier alpha value is -1.38. The van der Waals surface area contributed by atoms with E-state index in [9.17, 15) is 10.2 Å². The minimum Gasteiger partial charge on any atom is -0.508 e. The molecule has 0 heterocycles. The van der Waals surface area contributed by atoms with E-state index in [1.165, 1.54) is 6.07 Å². The second-order valence-corrected chi connectivity index (χ2v) is 3.90. The Morgan fingerprint density at radius 3 is 2.44 bits per heavy atom. The Morgan fingerprint density at radius 2 is 1.81 bits per heavy atom. The number of aryl methyl sites for hydroxylation is 1. The first-order chi connectivity index (χ1) is 7.69. The second kappa shape index (κ2) is 6.26. The lowest BCUT2D eigenvalue weighted by molar-refractivity contribution is 0.290. The van der Waals surface area contributed by atoms with Crippen molar-refractivity contribution < 1.29 is 14.9 Å². The number of unbranched alkanes of at least 4 members (excludes halogenated alkanes) is 1. The van der Waals surface area contributed by atoms with Crippen molar-refractivity contribution >= 4 is 0 Å². The molecule has 0 bridgehead atoms. The van der Waals surface area contributed by atoms with Crippen molar-refractivity contribution in [2.24, 2.45) is 0 Å². The molecule has 0 saturated heterocycles. The van der Waals surface area contributed by atoms with E-state index in [0.717, 1.165) is 31.2 Å². The van der Waals surface area contributed by atoms with Crippen LogP contribution in [-0.2, 0) is 6.42 Å². The molecule has 3 heteroatoms. The Kier molecular flexibility index (Phi) is 4.96. The zero-order valence-electron chi connectivity index (χ0n) is 9.99. The van der Waals surface area contributed by atoms with Gasteiger partial charge >= 0.3 is 0 Å². The third kappa shape index (κ3) is 3.33. The van der Waals surface area contributed by atoms with Crippen LogP contribution in [0.25, 0.3) is 0 Å². The minimum atomic E-state index is 0.109. The van der Waals surface area contributed by atoms with E-state index in [4.69, 9.17) is 4.74 Å². The minimum absolute atomic E-state index is 0.109. The first-order valence-corrected chi connectivity index (χ1v) is 5.86. The maximum absolute atomic E-state index is 9.71. The molecule has 0 aliphatic rings. The van der Waals surface area contributed by atoms with Gasteiger partial charge in [-0.2, -0.15) is 0 Å². The maximum Gasteiger partial charge on any atom is 0.164 e. The number of aromatic hydroxyl groups is 2. The van der Waals surface area contributed by atoms with Crippen LogP contribution in [0.15, 0.2) is 12.1 Å². The fourth-order valence-corrected chi connectivity index (χ4v) is 1.51. The predicted molar refractivity (Wildman–Crippen MR) is 64.2 cm³/mol. The molecule has 0 aliphatic heterocycles. The highest BCUT2D eigenvalue weighted by Gasteiger charge is 2.08. The molecule has 0 aliphatic carbocycles. The molecular weight excluding hydrogens is 204 g/mol. The van der Waals surface area contributed by atoms with Gasteiger partial charge in [-0.15, -0.1) is 0 Å². The summed E-state index contributed by atoms with van der Waals surface area (Å²) in [6, 6.07) is 3.08. The van der Waals surface area contributed by atoms with Gasteiger partial charge in [0.05, 0.1) is 6.61 Å². The number of hydrogen-bond acceptors (Lipinski definition) is 3. The summed E-state index contributed by atoms with van der Waals surface area (Å²) < 4.78 is 5.38. The lowest BCUT2D eigenvalue weighted by Crippen LogP contribution is -1.97. The molecule has 0 atom stereocenters. The molecule has 1 aromatic carbocycles. The normalized spacial score (nSPS) is 10.4. The number of phenols is 2. The number of phenolic OH excluding ortho intramolecular Hbond substituents is 2. The van der Waals surface area contributed by atoms with Crippen molar-refractivity contribution in [3.8, 4) is 17.2 Å². The topological polar surface area (TPSA) is 49.7 Å². The molecule has 3 nitrogen and oxygen atoms in total. The van der Waals surface area contributed by atoms with Crippen LogP contribution in [0.1, 0.15) is 38.7 Å². The summed E-state index contributed by atoms with van der Waals surface area (Å²) in [6.07, 6.45) is 3.68. The Labute approximate surface area is 96.7 Å². The van der Waals surface area contributed by atoms with Gasteiger partial charge in [0.2, 0.25) is 0 Å². The van der Waals surface area contributed by atoms with E-state index in [-0.39, 0.29) is 11.5 Å². The van der Waals surface area contributed by atoms with Gasteiger partial charge in [-0.05, 0) is 24.5 Å². The van der Waals surface area contributed by atoms with Crippen LogP contribution in [0.4, 0.5) is 0 Å². The van der Waals surface area contributed by atoms with Crippen LogP contribution in [-0.4, -0.2) is 16.8 Å². The number of benzene rings is 1. The molecule has 0 radical (unpaired) electrons. The lowest BCUT2D eigenvalue weighted by Gasteiger charge is -2.10. The fraction of sp³-hybridized carbons (Fsp3) is 0.538. The van der Waals surface area contributed by atoms with E-state index in [0.29, 0.717) is 12.4 Å². The standard InChI is InChI=1S/C13H20O3/c1-3-5-7-16-13-9-11(14)10(6-4-2)8-12(13)15/h8-9,14-15H,3-7H2,1-2H3. The van der Waals surface area contributed by atoms with E-state index < -0.39 is 0 Å². The highest BCUT2D eigenvalue weighted by Crippen LogP contribution is 2.34. The zero-order chi connectivity index (χ0) is 12.0. The molecule has 0 unspecified atom stereocenters. The average Bonchev–Trinajstić information content (AvgIpc) is 2.25. The molecule has 0 amide bonds. The molecule has 1 rings (SSSR count). The molecule has 0 fully saturated rings. The summed E-state index contributed by atoms with van der Waals surface area (Å²) in [6.45, 7) is 4.67. The number of ether oxygens (including phenoxy) is 1. The van der Waals surface area contributed by atoms with E-state index in [1.54, 1.807) is 6.07 Å². The van der Waals surface area contributed by atoms with Gasteiger partial charge in [0.25, 0.3) is 0 Å². The lowest BCUT2D eigenvalue weighted by atomic mass is 10.1. The van der Waals surface area contributed by atoms with Crippen LogP contribution in [0, 0.1) is 0 Å². The predicted octanol–water partition coefficient (Wildman–Crippen LogP) is 3.23. The molecule has 1 aromatic rings. The number of hydrogen-bond donors (Lipinski definition) is 2. The van der Waals surface area contributed by atoms with Crippen LogP contribution in [0.3, 0.4) is 0 Å². The first kappa shape index (κ1) is 12.7. The third-order valence-electron chi connectivity index (χ3n) is 2.44. The highest BCUT2D eigenvalue weighted by molar-refractivity contribution is 5.49. The Morgan fingerprint density at radius 1 is 1.06 bits per heavy atom. The molecule has 0 spiro atoms. The van der Waals surface area contributed by atoms with Gasteiger partial charge in [0.1, 0.15) is 5.75 Å². The van der Waals surface area contributed by atoms with Crippen molar-refractivity contribution in [2.75, 3.05) is 6.61 Å². The van der Waals surface area contributed by atoms with E-state index in [1.807, 2.05) is 6.92 Å². The molecule has 0 aromatic heterocycles. The van der Waals surface area contributed by atoms with Gasteiger partial charge in [-0.1, -0.05) is 26.7 Å². The summed E-state index contributed by atoms with van der Waals surface area (Å²) in [4.78, 5) is 0. The molecular formula is C13H20O3. The summed E-state index contributed by atoms with van der Waals surface area (Å²) in [7, 11) is 0. The second-order valence-electron chi connectivity index (χ2n) is 3.90. The van der Waals surface area contributed by atoms with Crippen LogP contribution in [0.2, 0.25) is 0 Å². The average molecular weight is 224 g/mol. The van der Waals surface area contributed by atoms with Crippen LogP contribution in [0.5, 0.6) is 17.2 Å². The van der Waals surface area contributed by atoms with Gasteiger partial charge in [-0.3, -0.25) is 0 Å².